The van der Waals surface area contributed by atoms with E-state index in [0.29, 0.717) is 6.04 Å². The third-order valence-corrected chi connectivity index (χ3v) is 3.53. The van der Waals surface area contributed by atoms with Crippen LogP contribution in [0.2, 0.25) is 0 Å². The Morgan fingerprint density at radius 1 is 1.57 bits per heavy atom. The van der Waals surface area contributed by atoms with E-state index in [0.717, 1.165) is 12.5 Å². The number of thioether (sulfide) groups is 1. The second kappa shape index (κ2) is 6.33. The van der Waals surface area contributed by atoms with Gasteiger partial charge in [0.25, 0.3) is 0 Å². The summed E-state index contributed by atoms with van der Waals surface area (Å²) in [4.78, 5) is 4.56. The zero-order valence-electron chi connectivity index (χ0n) is 9.55. The summed E-state index contributed by atoms with van der Waals surface area (Å²) in [5.41, 5.74) is 0. The van der Waals surface area contributed by atoms with Crippen molar-refractivity contribution in [2.75, 3.05) is 12.3 Å². The lowest BCUT2D eigenvalue weighted by atomic mass is 10.1. The van der Waals surface area contributed by atoms with Crippen molar-refractivity contribution in [3.8, 4) is 0 Å². The molecular weight excluding hydrogens is 192 g/mol. The van der Waals surface area contributed by atoms with Crippen LogP contribution in [0.4, 0.5) is 0 Å². The quantitative estimate of drug-likeness (QED) is 0.712. The van der Waals surface area contributed by atoms with Gasteiger partial charge in [0.1, 0.15) is 0 Å². The Hall–Kier alpha value is -0.180. The van der Waals surface area contributed by atoms with E-state index < -0.39 is 0 Å². The highest BCUT2D eigenvalue weighted by Crippen LogP contribution is 2.15. The summed E-state index contributed by atoms with van der Waals surface area (Å²) < 4.78 is 0. The highest BCUT2D eigenvalue weighted by Gasteiger charge is 2.17. The second-order valence-electron chi connectivity index (χ2n) is 4.28. The van der Waals surface area contributed by atoms with Crippen LogP contribution >= 0.6 is 11.8 Å². The zero-order valence-corrected chi connectivity index (χ0v) is 10.4. The largest absolute Gasteiger partial charge is 0.361 e. The first-order valence-corrected chi connectivity index (χ1v) is 6.64. The standard InChI is InChI=1S/C11H22N2S/c1-4-10-8-14-11(13-10)12-7-5-6-9(2)3/h9-10H,4-8H2,1-3H3,(H,12,13). The molecule has 14 heavy (non-hydrogen) atoms. The second-order valence-corrected chi connectivity index (χ2v) is 5.29. The molecule has 0 aromatic carbocycles. The van der Waals surface area contributed by atoms with E-state index in [4.69, 9.17) is 0 Å². The summed E-state index contributed by atoms with van der Waals surface area (Å²) in [6, 6.07) is 0.656. The monoisotopic (exact) mass is 214 g/mol. The van der Waals surface area contributed by atoms with Crippen molar-refractivity contribution in [2.24, 2.45) is 10.9 Å². The number of hydrogen-bond acceptors (Lipinski definition) is 2. The van der Waals surface area contributed by atoms with Gasteiger partial charge >= 0.3 is 0 Å². The van der Waals surface area contributed by atoms with Gasteiger partial charge in [0.2, 0.25) is 0 Å². The van der Waals surface area contributed by atoms with Crippen LogP contribution in [0.1, 0.15) is 40.0 Å². The van der Waals surface area contributed by atoms with Crippen LogP contribution in [0.25, 0.3) is 0 Å². The molecule has 0 aromatic rings. The molecule has 0 saturated carbocycles. The Kier molecular flexibility index (Phi) is 5.38. The van der Waals surface area contributed by atoms with Crippen molar-refractivity contribution < 1.29 is 0 Å². The molecule has 1 unspecified atom stereocenters. The number of rotatable bonds is 5. The van der Waals surface area contributed by atoms with E-state index in [-0.39, 0.29) is 0 Å². The molecule has 1 fully saturated rings. The molecule has 2 nitrogen and oxygen atoms in total. The van der Waals surface area contributed by atoms with Crippen molar-refractivity contribution in [3.05, 3.63) is 0 Å². The van der Waals surface area contributed by atoms with Gasteiger partial charge in [-0.1, -0.05) is 32.5 Å². The van der Waals surface area contributed by atoms with Gasteiger partial charge in [-0.3, -0.25) is 4.99 Å². The summed E-state index contributed by atoms with van der Waals surface area (Å²) in [5.74, 6) is 2.00. The van der Waals surface area contributed by atoms with Crippen molar-refractivity contribution >= 4 is 16.9 Å². The van der Waals surface area contributed by atoms with Crippen LogP contribution in [0.15, 0.2) is 4.99 Å². The van der Waals surface area contributed by atoms with Gasteiger partial charge in [-0.25, -0.2) is 0 Å². The normalized spacial score (nSPS) is 24.6. The topological polar surface area (TPSA) is 24.4 Å². The SMILES string of the molecule is CCC1CSC(=NCCCC(C)C)N1. The summed E-state index contributed by atoms with van der Waals surface area (Å²) in [6.07, 6.45) is 3.72. The van der Waals surface area contributed by atoms with Crippen LogP contribution in [-0.4, -0.2) is 23.5 Å². The summed E-state index contributed by atoms with van der Waals surface area (Å²) in [7, 11) is 0. The van der Waals surface area contributed by atoms with Gasteiger partial charge in [0.15, 0.2) is 5.17 Å². The average Bonchev–Trinajstić information content (AvgIpc) is 2.60. The zero-order chi connectivity index (χ0) is 10.4. The fraction of sp³-hybridized carbons (Fsp3) is 0.909. The first-order valence-electron chi connectivity index (χ1n) is 5.66. The maximum Gasteiger partial charge on any atom is 0.156 e. The highest BCUT2D eigenvalue weighted by molar-refractivity contribution is 8.14. The molecule has 1 aliphatic heterocycles. The fourth-order valence-corrected chi connectivity index (χ4v) is 2.54. The molecular formula is C11H22N2S. The van der Waals surface area contributed by atoms with Gasteiger partial charge < -0.3 is 5.32 Å². The number of amidine groups is 1. The molecule has 82 valence electrons. The minimum absolute atomic E-state index is 0.656. The summed E-state index contributed by atoms with van der Waals surface area (Å²) >= 11 is 1.87. The van der Waals surface area contributed by atoms with Crippen LogP contribution in [0.5, 0.6) is 0 Å². The first-order chi connectivity index (χ1) is 6.72. The highest BCUT2D eigenvalue weighted by atomic mass is 32.2. The van der Waals surface area contributed by atoms with E-state index >= 15 is 0 Å². The van der Waals surface area contributed by atoms with Gasteiger partial charge in [-0.2, -0.15) is 0 Å². The molecule has 0 aromatic heterocycles. The van der Waals surface area contributed by atoms with E-state index in [9.17, 15) is 0 Å². The Morgan fingerprint density at radius 2 is 2.36 bits per heavy atom. The van der Waals surface area contributed by atoms with Gasteiger partial charge in [0.05, 0.1) is 0 Å². The van der Waals surface area contributed by atoms with Crippen molar-refractivity contribution in [2.45, 2.75) is 46.1 Å². The average molecular weight is 214 g/mol. The van der Waals surface area contributed by atoms with Crippen molar-refractivity contribution in [3.63, 3.8) is 0 Å². The maximum absolute atomic E-state index is 4.56. The van der Waals surface area contributed by atoms with E-state index in [1.807, 2.05) is 11.8 Å². The van der Waals surface area contributed by atoms with Gasteiger partial charge in [-0.15, -0.1) is 0 Å². The lowest BCUT2D eigenvalue weighted by Crippen LogP contribution is -2.25. The fourth-order valence-electron chi connectivity index (χ4n) is 1.43. The molecule has 0 aliphatic carbocycles. The van der Waals surface area contributed by atoms with E-state index in [2.05, 4.69) is 31.1 Å². The Labute approximate surface area is 92.0 Å². The summed E-state index contributed by atoms with van der Waals surface area (Å²) in [6.45, 7) is 7.75. The smallest absolute Gasteiger partial charge is 0.156 e. The molecule has 1 N–H and O–H groups in total. The third-order valence-electron chi connectivity index (χ3n) is 2.44. The van der Waals surface area contributed by atoms with E-state index in [1.165, 1.54) is 30.2 Å². The lowest BCUT2D eigenvalue weighted by molar-refractivity contribution is 0.561. The number of hydrogen-bond donors (Lipinski definition) is 1. The third kappa shape index (κ3) is 4.36. The molecule has 1 aliphatic rings. The molecule has 0 spiro atoms. The minimum Gasteiger partial charge on any atom is -0.361 e. The minimum atomic E-state index is 0.656. The lowest BCUT2D eigenvalue weighted by Gasteiger charge is -2.05. The number of nitrogens with one attached hydrogen (secondary N) is 1. The predicted octanol–water partition coefficient (Wildman–Crippen LogP) is 2.89. The molecule has 0 bridgehead atoms. The van der Waals surface area contributed by atoms with Gasteiger partial charge in [-0.05, 0) is 25.2 Å². The number of aliphatic imine (C=N–C) groups is 1. The van der Waals surface area contributed by atoms with Crippen LogP contribution in [0.3, 0.4) is 0 Å². The van der Waals surface area contributed by atoms with Crippen molar-refractivity contribution in [1.82, 2.24) is 5.32 Å². The Balaban J connectivity index is 2.13. The molecule has 1 atom stereocenters. The van der Waals surface area contributed by atoms with Crippen LogP contribution in [0, 0.1) is 5.92 Å². The first kappa shape index (κ1) is 11.9. The molecule has 1 heterocycles. The van der Waals surface area contributed by atoms with Crippen LogP contribution in [-0.2, 0) is 0 Å². The van der Waals surface area contributed by atoms with Gasteiger partial charge in [0, 0.05) is 18.3 Å². The maximum atomic E-state index is 4.56. The molecule has 0 radical (unpaired) electrons. The Morgan fingerprint density at radius 3 is 2.93 bits per heavy atom. The molecule has 0 amide bonds. The van der Waals surface area contributed by atoms with Crippen molar-refractivity contribution in [1.29, 1.82) is 0 Å². The number of nitrogens with zero attached hydrogens (tertiary/aromatic N) is 1. The predicted molar refractivity (Wildman–Crippen MR) is 66.0 cm³/mol. The van der Waals surface area contributed by atoms with E-state index in [1.54, 1.807) is 0 Å². The molecule has 1 saturated heterocycles. The molecule has 1 rings (SSSR count). The molecule has 3 heteroatoms. The summed E-state index contributed by atoms with van der Waals surface area (Å²) in [5, 5.41) is 4.61. The van der Waals surface area contributed by atoms with Crippen LogP contribution < -0.4 is 5.32 Å². The Bertz CT molecular complexity index is 190.